The minimum Gasteiger partial charge on any atom is -0.398 e. The largest absolute Gasteiger partial charge is 0.398 e. The number of benzene rings is 1. The van der Waals surface area contributed by atoms with Gasteiger partial charge in [0.25, 0.3) is 0 Å². The highest BCUT2D eigenvalue weighted by Gasteiger charge is 2.03. The number of hydrogen-bond donors (Lipinski definition) is 2. The SMILES string of the molecule is CNCC#Cc1ccc(N)c(C)c1Cl. The zero-order chi connectivity index (χ0) is 10.6. The van der Waals surface area contributed by atoms with Gasteiger partial charge in [-0.2, -0.15) is 0 Å². The molecule has 1 aromatic carbocycles. The van der Waals surface area contributed by atoms with Crippen LogP contribution in [-0.2, 0) is 0 Å². The van der Waals surface area contributed by atoms with E-state index in [-0.39, 0.29) is 0 Å². The van der Waals surface area contributed by atoms with Crippen molar-refractivity contribution in [2.75, 3.05) is 19.3 Å². The summed E-state index contributed by atoms with van der Waals surface area (Å²) in [4.78, 5) is 0. The van der Waals surface area contributed by atoms with E-state index in [1.54, 1.807) is 0 Å². The average molecular weight is 209 g/mol. The van der Waals surface area contributed by atoms with E-state index in [2.05, 4.69) is 17.2 Å². The lowest BCUT2D eigenvalue weighted by Gasteiger charge is -2.03. The number of anilines is 1. The van der Waals surface area contributed by atoms with Crippen LogP contribution in [-0.4, -0.2) is 13.6 Å². The van der Waals surface area contributed by atoms with Crippen LogP contribution in [0.1, 0.15) is 11.1 Å². The molecule has 0 radical (unpaired) electrons. The fraction of sp³-hybridized carbons (Fsp3) is 0.273. The predicted octanol–water partition coefficient (Wildman–Crippen LogP) is 1.80. The predicted molar refractivity (Wildman–Crippen MR) is 61.4 cm³/mol. The summed E-state index contributed by atoms with van der Waals surface area (Å²) in [7, 11) is 1.85. The van der Waals surface area contributed by atoms with Crippen LogP contribution in [0.5, 0.6) is 0 Å². The maximum atomic E-state index is 6.07. The van der Waals surface area contributed by atoms with Crippen molar-refractivity contribution in [2.24, 2.45) is 0 Å². The van der Waals surface area contributed by atoms with Crippen LogP contribution < -0.4 is 11.1 Å². The van der Waals surface area contributed by atoms with Gasteiger partial charge >= 0.3 is 0 Å². The van der Waals surface area contributed by atoms with E-state index in [4.69, 9.17) is 17.3 Å². The normalized spacial score (nSPS) is 9.36. The number of nitrogens with two attached hydrogens (primary N) is 1. The maximum absolute atomic E-state index is 6.07. The van der Waals surface area contributed by atoms with Crippen molar-refractivity contribution < 1.29 is 0 Å². The molecular weight excluding hydrogens is 196 g/mol. The number of nitrogens with one attached hydrogen (secondary N) is 1. The van der Waals surface area contributed by atoms with E-state index in [1.807, 2.05) is 26.1 Å². The third-order valence-corrected chi connectivity index (χ3v) is 2.40. The van der Waals surface area contributed by atoms with Gasteiger partial charge in [-0.15, -0.1) is 0 Å². The molecule has 0 aliphatic rings. The molecule has 1 rings (SSSR count). The van der Waals surface area contributed by atoms with Gasteiger partial charge in [-0.25, -0.2) is 0 Å². The van der Waals surface area contributed by atoms with Crippen LogP contribution in [0.4, 0.5) is 5.69 Å². The number of halogens is 1. The molecule has 3 heteroatoms. The molecule has 0 unspecified atom stereocenters. The first-order valence-electron chi connectivity index (χ1n) is 4.35. The monoisotopic (exact) mass is 208 g/mol. The van der Waals surface area contributed by atoms with Crippen LogP contribution in [0.3, 0.4) is 0 Å². The first-order chi connectivity index (χ1) is 6.66. The van der Waals surface area contributed by atoms with Crippen LogP contribution >= 0.6 is 11.6 Å². The van der Waals surface area contributed by atoms with Crippen molar-refractivity contribution in [1.82, 2.24) is 5.32 Å². The fourth-order valence-electron chi connectivity index (χ4n) is 1.02. The minimum absolute atomic E-state index is 0.647. The van der Waals surface area contributed by atoms with Crippen LogP contribution in [0.25, 0.3) is 0 Å². The second-order valence-electron chi connectivity index (χ2n) is 2.97. The molecular formula is C11H13ClN2. The molecule has 0 bridgehead atoms. The van der Waals surface area contributed by atoms with Crippen molar-refractivity contribution in [2.45, 2.75) is 6.92 Å². The maximum Gasteiger partial charge on any atom is 0.0612 e. The third-order valence-electron chi connectivity index (χ3n) is 1.92. The van der Waals surface area contributed by atoms with E-state index >= 15 is 0 Å². The van der Waals surface area contributed by atoms with Gasteiger partial charge in [0.2, 0.25) is 0 Å². The van der Waals surface area contributed by atoms with Gasteiger partial charge in [0.1, 0.15) is 0 Å². The Bertz CT molecular complexity index is 388. The second kappa shape index (κ2) is 4.90. The summed E-state index contributed by atoms with van der Waals surface area (Å²) in [5.41, 5.74) is 8.12. The Kier molecular flexibility index (Phi) is 3.82. The highest BCUT2D eigenvalue weighted by atomic mass is 35.5. The van der Waals surface area contributed by atoms with Crippen molar-refractivity contribution >= 4 is 17.3 Å². The molecule has 0 heterocycles. The fourth-order valence-corrected chi connectivity index (χ4v) is 1.24. The first kappa shape index (κ1) is 10.9. The lowest BCUT2D eigenvalue weighted by molar-refractivity contribution is 0.938. The molecule has 0 saturated heterocycles. The third kappa shape index (κ3) is 2.41. The standard InChI is InChI=1S/C11H13ClN2/c1-8-10(13)6-5-9(11(8)12)4-3-7-14-2/h5-6,14H,7,13H2,1-2H3. The van der Waals surface area contributed by atoms with Crippen molar-refractivity contribution in [3.8, 4) is 11.8 Å². The van der Waals surface area contributed by atoms with Crippen molar-refractivity contribution in [3.05, 3.63) is 28.3 Å². The van der Waals surface area contributed by atoms with Gasteiger partial charge < -0.3 is 11.1 Å². The molecule has 3 N–H and O–H groups in total. The van der Waals surface area contributed by atoms with Gasteiger partial charge in [0, 0.05) is 11.3 Å². The number of rotatable bonds is 1. The Labute approximate surface area is 89.4 Å². The minimum atomic E-state index is 0.647. The van der Waals surface area contributed by atoms with Crippen molar-refractivity contribution in [3.63, 3.8) is 0 Å². The van der Waals surface area contributed by atoms with E-state index in [0.29, 0.717) is 17.3 Å². The Morgan fingerprint density at radius 1 is 1.50 bits per heavy atom. The van der Waals surface area contributed by atoms with Gasteiger partial charge in [0.15, 0.2) is 0 Å². The number of nitrogen functional groups attached to an aromatic ring is 1. The van der Waals surface area contributed by atoms with Gasteiger partial charge in [-0.05, 0) is 31.7 Å². The molecule has 0 fully saturated rings. The quantitative estimate of drug-likeness (QED) is 0.546. The molecule has 0 aromatic heterocycles. The van der Waals surface area contributed by atoms with Gasteiger partial charge in [-0.3, -0.25) is 0 Å². The van der Waals surface area contributed by atoms with E-state index < -0.39 is 0 Å². The van der Waals surface area contributed by atoms with Gasteiger partial charge in [-0.1, -0.05) is 23.4 Å². The summed E-state index contributed by atoms with van der Waals surface area (Å²) in [5, 5.41) is 3.59. The molecule has 0 amide bonds. The second-order valence-corrected chi connectivity index (χ2v) is 3.35. The van der Waals surface area contributed by atoms with Gasteiger partial charge in [0.05, 0.1) is 11.6 Å². The Balaban J connectivity index is 3.02. The highest BCUT2D eigenvalue weighted by Crippen LogP contribution is 2.24. The number of hydrogen-bond acceptors (Lipinski definition) is 2. The summed E-state index contributed by atoms with van der Waals surface area (Å²) in [5.74, 6) is 5.93. The molecule has 0 atom stereocenters. The molecule has 14 heavy (non-hydrogen) atoms. The van der Waals surface area contributed by atoms with E-state index in [9.17, 15) is 0 Å². The zero-order valence-electron chi connectivity index (χ0n) is 8.32. The van der Waals surface area contributed by atoms with Crippen molar-refractivity contribution in [1.29, 1.82) is 0 Å². The summed E-state index contributed by atoms with van der Waals surface area (Å²) in [6.07, 6.45) is 0. The first-order valence-corrected chi connectivity index (χ1v) is 4.72. The Morgan fingerprint density at radius 2 is 2.21 bits per heavy atom. The molecule has 2 nitrogen and oxygen atoms in total. The molecule has 0 aliphatic heterocycles. The topological polar surface area (TPSA) is 38.0 Å². The highest BCUT2D eigenvalue weighted by molar-refractivity contribution is 6.32. The molecule has 1 aromatic rings. The van der Waals surface area contributed by atoms with E-state index in [1.165, 1.54) is 0 Å². The Morgan fingerprint density at radius 3 is 2.86 bits per heavy atom. The molecule has 0 spiro atoms. The smallest absolute Gasteiger partial charge is 0.0612 e. The Hall–Kier alpha value is -1.17. The lowest BCUT2D eigenvalue weighted by Crippen LogP contribution is -2.04. The summed E-state index contributed by atoms with van der Waals surface area (Å²) in [6.45, 7) is 2.54. The molecule has 0 saturated carbocycles. The molecule has 74 valence electrons. The van der Waals surface area contributed by atoms with Crippen LogP contribution in [0.2, 0.25) is 5.02 Å². The zero-order valence-corrected chi connectivity index (χ0v) is 9.07. The lowest BCUT2D eigenvalue weighted by atomic mass is 10.1. The summed E-state index contributed by atoms with van der Waals surface area (Å²) < 4.78 is 0. The van der Waals surface area contributed by atoms with E-state index in [0.717, 1.165) is 11.1 Å². The van der Waals surface area contributed by atoms with Crippen LogP contribution in [0.15, 0.2) is 12.1 Å². The molecule has 0 aliphatic carbocycles. The van der Waals surface area contributed by atoms with Crippen LogP contribution in [0, 0.1) is 18.8 Å². The summed E-state index contributed by atoms with van der Waals surface area (Å²) >= 11 is 6.07. The average Bonchev–Trinajstić information content (AvgIpc) is 2.18. The summed E-state index contributed by atoms with van der Waals surface area (Å²) in [6, 6.07) is 3.66.